The van der Waals surface area contributed by atoms with Crippen molar-refractivity contribution < 1.29 is 19.1 Å². The first kappa shape index (κ1) is 18.6. The molecule has 0 radical (unpaired) electrons. The molecule has 1 aromatic rings. The lowest BCUT2D eigenvalue weighted by atomic mass is 9.88. The van der Waals surface area contributed by atoms with Crippen molar-refractivity contribution in [2.45, 2.75) is 25.8 Å². The van der Waals surface area contributed by atoms with Gasteiger partial charge in [0.05, 0.1) is 19.8 Å². The first-order valence-corrected chi connectivity index (χ1v) is 8.82. The standard InChI is InChI=1S/C17H21IN2O4/c1-4-5-8-24-13-7-6-11(18)9-12(13)15-14(16(21)23-3)10(2)19-17(22)20-15/h6-7,9,14-15H,2,4-5,8H2,1,3H3,(H2,19,20,22)/t14-,15+/m1/s1. The molecule has 130 valence electrons. The third-order valence-corrected chi connectivity index (χ3v) is 4.46. The van der Waals surface area contributed by atoms with Crippen LogP contribution in [0.4, 0.5) is 4.79 Å². The Bertz CT molecular complexity index is 647. The number of urea groups is 1. The van der Waals surface area contributed by atoms with Gasteiger partial charge in [-0.3, -0.25) is 4.79 Å². The van der Waals surface area contributed by atoms with Gasteiger partial charge in [-0.15, -0.1) is 0 Å². The predicted molar refractivity (Wildman–Crippen MR) is 98.6 cm³/mol. The van der Waals surface area contributed by atoms with E-state index in [1.54, 1.807) is 0 Å². The molecule has 2 rings (SSSR count). The highest BCUT2D eigenvalue weighted by Crippen LogP contribution is 2.36. The molecule has 0 aliphatic carbocycles. The highest BCUT2D eigenvalue weighted by Gasteiger charge is 2.40. The minimum atomic E-state index is -0.723. The highest BCUT2D eigenvalue weighted by molar-refractivity contribution is 14.1. The summed E-state index contributed by atoms with van der Waals surface area (Å²) in [6, 6.07) is 4.70. The van der Waals surface area contributed by atoms with Crippen LogP contribution in [0.1, 0.15) is 31.4 Å². The molecule has 2 N–H and O–H groups in total. The van der Waals surface area contributed by atoms with Gasteiger partial charge in [-0.05, 0) is 47.2 Å². The van der Waals surface area contributed by atoms with Crippen molar-refractivity contribution in [2.24, 2.45) is 5.92 Å². The first-order valence-electron chi connectivity index (χ1n) is 7.74. The summed E-state index contributed by atoms with van der Waals surface area (Å²) >= 11 is 2.19. The van der Waals surface area contributed by atoms with Crippen molar-refractivity contribution in [1.82, 2.24) is 10.6 Å². The fourth-order valence-electron chi connectivity index (χ4n) is 2.57. The molecule has 1 aliphatic rings. The number of carbonyl (C=O) groups is 2. The average Bonchev–Trinajstić information content (AvgIpc) is 2.55. The number of hydrogen-bond donors (Lipinski definition) is 2. The molecule has 0 saturated carbocycles. The van der Waals surface area contributed by atoms with Gasteiger partial charge in [0, 0.05) is 14.8 Å². The van der Waals surface area contributed by atoms with Gasteiger partial charge in [0.25, 0.3) is 0 Å². The zero-order valence-corrected chi connectivity index (χ0v) is 15.9. The summed E-state index contributed by atoms with van der Waals surface area (Å²) in [7, 11) is 1.32. The maximum Gasteiger partial charge on any atom is 0.319 e. The van der Waals surface area contributed by atoms with E-state index >= 15 is 0 Å². The predicted octanol–water partition coefficient (Wildman–Crippen LogP) is 3.13. The summed E-state index contributed by atoms with van der Waals surface area (Å²) in [5.74, 6) is -0.534. The smallest absolute Gasteiger partial charge is 0.319 e. The third kappa shape index (κ3) is 4.19. The Morgan fingerprint density at radius 3 is 2.83 bits per heavy atom. The van der Waals surface area contributed by atoms with Crippen LogP contribution in [0.25, 0.3) is 0 Å². The Morgan fingerprint density at radius 1 is 1.42 bits per heavy atom. The maximum atomic E-state index is 12.2. The Kier molecular flexibility index (Phi) is 6.47. The topological polar surface area (TPSA) is 76.7 Å². The third-order valence-electron chi connectivity index (χ3n) is 3.79. The van der Waals surface area contributed by atoms with E-state index in [9.17, 15) is 9.59 Å². The Labute approximate surface area is 155 Å². The van der Waals surface area contributed by atoms with Gasteiger partial charge >= 0.3 is 12.0 Å². The lowest BCUT2D eigenvalue weighted by Gasteiger charge is -2.33. The fourth-order valence-corrected chi connectivity index (χ4v) is 3.08. The van der Waals surface area contributed by atoms with Crippen molar-refractivity contribution in [3.05, 3.63) is 39.6 Å². The fraction of sp³-hybridized carbons (Fsp3) is 0.412. The number of ether oxygens (including phenoxy) is 2. The van der Waals surface area contributed by atoms with E-state index < -0.39 is 24.0 Å². The molecule has 2 amide bonds. The zero-order valence-electron chi connectivity index (χ0n) is 13.7. The summed E-state index contributed by atoms with van der Waals surface area (Å²) < 4.78 is 11.7. The minimum Gasteiger partial charge on any atom is -0.493 e. The van der Waals surface area contributed by atoms with E-state index in [0.717, 1.165) is 22.0 Å². The molecule has 1 heterocycles. The number of esters is 1. The monoisotopic (exact) mass is 444 g/mol. The number of amides is 2. The number of benzene rings is 1. The van der Waals surface area contributed by atoms with Gasteiger partial charge in [0.15, 0.2) is 0 Å². The molecule has 0 spiro atoms. The molecule has 2 atom stereocenters. The second-order valence-electron chi connectivity index (χ2n) is 5.49. The van der Waals surface area contributed by atoms with Gasteiger partial charge in [-0.2, -0.15) is 0 Å². The molecule has 1 aromatic carbocycles. The van der Waals surface area contributed by atoms with E-state index in [1.165, 1.54) is 7.11 Å². The van der Waals surface area contributed by atoms with E-state index in [-0.39, 0.29) is 0 Å². The lowest BCUT2D eigenvalue weighted by molar-refractivity contribution is -0.145. The Hall–Kier alpha value is -1.77. The highest BCUT2D eigenvalue weighted by atomic mass is 127. The van der Waals surface area contributed by atoms with Crippen LogP contribution in [-0.2, 0) is 9.53 Å². The number of hydrogen-bond acceptors (Lipinski definition) is 4. The Morgan fingerprint density at radius 2 is 2.17 bits per heavy atom. The molecular weight excluding hydrogens is 423 g/mol. The van der Waals surface area contributed by atoms with E-state index in [4.69, 9.17) is 9.47 Å². The van der Waals surface area contributed by atoms with E-state index in [1.807, 2.05) is 18.2 Å². The van der Waals surface area contributed by atoms with Crippen LogP contribution in [0, 0.1) is 9.49 Å². The first-order chi connectivity index (χ1) is 11.5. The molecule has 6 nitrogen and oxygen atoms in total. The SMILES string of the molecule is C=C1NC(=O)N[C@@H](c2cc(I)ccc2OCCCC)[C@@H]1C(=O)OC. The quantitative estimate of drug-likeness (QED) is 0.402. The molecule has 0 unspecified atom stereocenters. The summed E-state index contributed by atoms with van der Waals surface area (Å²) in [6.07, 6.45) is 1.95. The lowest BCUT2D eigenvalue weighted by Crippen LogP contribution is -2.51. The number of methoxy groups -OCH3 is 1. The largest absolute Gasteiger partial charge is 0.493 e. The zero-order chi connectivity index (χ0) is 17.7. The van der Waals surface area contributed by atoms with Gasteiger partial charge < -0.3 is 20.1 Å². The molecule has 0 bridgehead atoms. The summed E-state index contributed by atoms with van der Waals surface area (Å²) in [6.45, 7) is 6.46. The van der Waals surface area contributed by atoms with Crippen LogP contribution in [0.3, 0.4) is 0 Å². The maximum absolute atomic E-state index is 12.2. The van der Waals surface area contributed by atoms with Crippen molar-refractivity contribution in [3.8, 4) is 5.75 Å². The molecule has 0 aromatic heterocycles. The van der Waals surface area contributed by atoms with Crippen molar-refractivity contribution in [2.75, 3.05) is 13.7 Å². The number of carbonyl (C=O) groups excluding carboxylic acids is 2. The summed E-state index contributed by atoms with van der Waals surface area (Å²) in [4.78, 5) is 24.1. The molecule has 1 aliphatic heterocycles. The average molecular weight is 444 g/mol. The second kappa shape index (κ2) is 8.36. The number of unbranched alkanes of at least 4 members (excludes halogenated alkanes) is 1. The van der Waals surface area contributed by atoms with Gasteiger partial charge in [0.2, 0.25) is 0 Å². The van der Waals surface area contributed by atoms with Crippen molar-refractivity contribution >= 4 is 34.6 Å². The molecule has 7 heteroatoms. The summed E-state index contributed by atoms with van der Waals surface area (Å²) in [5, 5.41) is 5.33. The summed E-state index contributed by atoms with van der Waals surface area (Å²) in [5.41, 5.74) is 1.05. The normalized spacial score (nSPS) is 20.1. The van der Waals surface area contributed by atoms with Gasteiger partial charge in [-0.1, -0.05) is 19.9 Å². The number of rotatable bonds is 6. The second-order valence-corrected chi connectivity index (χ2v) is 6.73. The van der Waals surface area contributed by atoms with Crippen molar-refractivity contribution in [1.29, 1.82) is 0 Å². The van der Waals surface area contributed by atoms with E-state index in [2.05, 4.69) is 46.7 Å². The van der Waals surface area contributed by atoms with Crippen LogP contribution in [0.5, 0.6) is 5.75 Å². The van der Waals surface area contributed by atoms with Crippen LogP contribution < -0.4 is 15.4 Å². The number of halogens is 1. The Balaban J connectivity index is 2.41. The number of nitrogens with one attached hydrogen (secondary N) is 2. The van der Waals surface area contributed by atoms with E-state index in [0.29, 0.717) is 18.1 Å². The molecule has 24 heavy (non-hydrogen) atoms. The van der Waals surface area contributed by atoms with Crippen molar-refractivity contribution in [3.63, 3.8) is 0 Å². The molecule has 1 saturated heterocycles. The molecular formula is C17H21IN2O4. The minimum absolute atomic E-state index is 0.314. The van der Waals surface area contributed by atoms with Crippen LogP contribution in [0.2, 0.25) is 0 Å². The van der Waals surface area contributed by atoms with Gasteiger partial charge in [0.1, 0.15) is 11.7 Å². The van der Waals surface area contributed by atoms with Gasteiger partial charge in [-0.25, -0.2) is 4.79 Å². The molecule has 1 fully saturated rings. The van der Waals surface area contributed by atoms with Crippen LogP contribution in [0.15, 0.2) is 30.5 Å². The van der Waals surface area contributed by atoms with Crippen LogP contribution in [-0.4, -0.2) is 25.7 Å². The van der Waals surface area contributed by atoms with Crippen LogP contribution >= 0.6 is 22.6 Å².